The molecular weight excluding hydrogens is 608 g/mol. The third kappa shape index (κ3) is 6.75. The quantitative estimate of drug-likeness (QED) is 0.116. The molecule has 16 heteroatoms. The Morgan fingerprint density at radius 3 is 2.55 bits per heavy atom. The van der Waals surface area contributed by atoms with Crippen LogP contribution in [0.25, 0.3) is 21.4 Å². The Labute approximate surface area is 253 Å². The number of carbonyl (C=O) groups is 3. The number of aromatic nitrogens is 5. The summed E-state index contributed by atoms with van der Waals surface area (Å²) in [7, 11) is 0. The van der Waals surface area contributed by atoms with Crippen LogP contribution >= 0.6 is 34.7 Å². The van der Waals surface area contributed by atoms with E-state index >= 15 is 0 Å². The Morgan fingerprint density at radius 1 is 1.10 bits per heavy atom. The van der Waals surface area contributed by atoms with E-state index in [2.05, 4.69) is 25.3 Å². The molecule has 0 radical (unpaired) electrons. The van der Waals surface area contributed by atoms with Crippen molar-refractivity contribution in [1.82, 2.24) is 24.5 Å². The van der Waals surface area contributed by atoms with Crippen molar-refractivity contribution in [2.75, 3.05) is 17.7 Å². The second-order valence-electron chi connectivity index (χ2n) is 9.48. The number of fused-ring (bicyclic) bond motifs is 2. The normalized spacial score (nSPS) is 20.9. The van der Waals surface area contributed by atoms with E-state index in [9.17, 15) is 14.4 Å². The number of ether oxygens (including phenoxy) is 4. The average Bonchev–Trinajstić information content (AvgIpc) is 3.61. The van der Waals surface area contributed by atoms with Gasteiger partial charge >= 0.3 is 17.9 Å². The van der Waals surface area contributed by atoms with E-state index in [4.69, 9.17) is 30.5 Å². The van der Waals surface area contributed by atoms with Crippen LogP contribution in [0.4, 0.5) is 5.82 Å². The predicted molar refractivity (Wildman–Crippen MR) is 155 cm³/mol. The molecule has 0 bridgehead atoms. The van der Waals surface area contributed by atoms with Crippen molar-refractivity contribution >= 4 is 79.8 Å². The first-order valence-electron chi connectivity index (χ1n) is 12.9. The highest BCUT2D eigenvalue weighted by atomic mass is 35.5. The van der Waals surface area contributed by atoms with Crippen LogP contribution in [0, 0.1) is 0 Å². The minimum atomic E-state index is -1.10. The largest absolute Gasteiger partial charge is 0.463 e. The Balaban J connectivity index is 1.39. The van der Waals surface area contributed by atoms with E-state index in [1.165, 1.54) is 31.7 Å². The van der Waals surface area contributed by atoms with Crippen LogP contribution in [0.1, 0.15) is 33.9 Å². The molecule has 42 heavy (non-hydrogen) atoms. The lowest BCUT2D eigenvalue weighted by molar-refractivity contribution is -0.166. The average molecular weight is 635 g/mol. The van der Waals surface area contributed by atoms with E-state index in [1.807, 2.05) is 31.2 Å². The molecule has 0 unspecified atom stereocenters. The lowest BCUT2D eigenvalue weighted by atomic mass is 10.1. The molecule has 5 atom stereocenters. The minimum absolute atomic E-state index is 0.0483. The first-order valence-corrected chi connectivity index (χ1v) is 15.0. The number of thiazole rings is 1. The van der Waals surface area contributed by atoms with Crippen LogP contribution in [0.3, 0.4) is 0 Å². The third-order valence-electron chi connectivity index (χ3n) is 6.12. The smallest absolute Gasteiger partial charge is 0.303 e. The maximum Gasteiger partial charge on any atom is 0.303 e. The number of para-hydroxylation sites is 1. The van der Waals surface area contributed by atoms with Crippen molar-refractivity contribution < 1.29 is 33.3 Å². The second kappa shape index (κ2) is 12.8. The molecule has 3 aromatic heterocycles. The van der Waals surface area contributed by atoms with Gasteiger partial charge in [-0.2, -0.15) is 9.97 Å². The number of imidazole rings is 1. The predicted octanol–water partition coefficient (Wildman–Crippen LogP) is 4.01. The topological polar surface area (TPSA) is 157 Å². The second-order valence-corrected chi connectivity index (χ2v) is 12.1. The number of hydrogen-bond donors (Lipinski definition) is 1. The summed E-state index contributed by atoms with van der Waals surface area (Å²) in [6, 6.07) is 7.93. The van der Waals surface area contributed by atoms with Gasteiger partial charge in [0.1, 0.15) is 12.7 Å². The van der Waals surface area contributed by atoms with Gasteiger partial charge in [0, 0.05) is 32.6 Å². The van der Waals surface area contributed by atoms with Gasteiger partial charge in [-0.3, -0.25) is 19.0 Å². The Kier molecular flexibility index (Phi) is 9.11. The number of thioether (sulfide) groups is 1. The number of anilines is 1. The highest BCUT2D eigenvalue weighted by molar-refractivity contribution is 8.01. The van der Waals surface area contributed by atoms with Gasteiger partial charge in [-0.15, -0.1) is 11.3 Å². The summed E-state index contributed by atoms with van der Waals surface area (Å²) in [5.74, 6) is -0.717. The van der Waals surface area contributed by atoms with Crippen molar-refractivity contribution in [3.05, 3.63) is 35.9 Å². The molecule has 1 saturated heterocycles. The Morgan fingerprint density at radius 2 is 1.83 bits per heavy atom. The van der Waals surface area contributed by atoms with E-state index in [-0.39, 0.29) is 17.9 Å². The molecule has 5 rings (SSSR count). The van der Waals surface area contributed by atoms with Gasteiger partial charge in [-0.1, -0.05) is 23.9 Å². The molecule has 4 aromatic rings. The van der Waals surface area contributed by atoms with Crippen LogP contribution in [0.15, 0.2) is 34.9 Å². The van der Waals surface area contributed by atoms with Gasteiger partial charge in [0.05, 0.1) is 16.5 Å². The number of hydrogen-bond acceptors (Lipinski definition) is 14. The number of carbonyl (C=O) groups excluding carboxylic acids is 3. The molecule has 1 aliphatic rings. The lowest BCUT2D eigenvalue weighted by Crippen LogP contribution is -2.40. The molecule has 1 N–H and O–H groups in total. The summed E-state index contributed by atoms with van der Waals surface area (Å²) in [5.41, 5.74) is 1.65. The molecule has 222 valence electrons. The van der Waals surface area contributed by atoms with Gasteiger partial charge in [-0.25, -0.2) is 9.97 Å². The maximum atomic E-state index is 12.0. The van der Waals surface area contributed by atoms with E-state index in [1.54, 1.807) is 23.1 Å². The highest BCUT2D eigenvalue weighted by Gasteiger charge is 2.51. The molecule has 0 spiro atoms. The van der Waals surface area contributed by atoms with Gasteiger partial charge in [0.15, 0.2) is 39.8 Å². The summed E-state index contributed by atoms with van der Waals surface area (Å²) in [6.45, 7) is 5.45. The first-order chi connectivity index (χ1) is 20.1. The van der Waals surface area contributed by atoms with Gasteiger partial charge in [0.25, 0.3) is 0 Å². The zero-order valence-electron chi connectivity index (χ0n) is 23.0. The van der Waals surface area contributed by atoms with Gasteiger partial charge in [-0.05, 0) is 30.7 Å². The standard InChI is InChI=1S/C26H27ClN6O7S2/c1-12(10-41-26-30-16-7-5-6-8-18(16)42-26)29-22-19-23(32-25(27)31-22)33(11-28-19)24-21(39-15(4)36)20(38-14(3)35)17(40-24)9-37-13(2)34/h5-8,11-12,17,20-21,24H,9-10H2,1-4H3,(H,29,31,32)/t12-,17-,20-,21-,24-/m1/s1. The molecular formula is C26H27ClN6O7S2. The lowest BCUT2D eigenvalue weighted by Gasteiger charge is -2.23. The highest BCUT2D eigenvalue weighted by Crippen LogP contribution is 2.37. The molecule has 0 amide bonds. The summed E-state index contributed by atoms with van der Waals surface area (Å²) < 4.78 is 25.8. The van der Waals surface area contributed by atoms with Gasteiger partial charge in [0.2, 0.25) is 5.28 Å². The summed E-state index contributed by atoms with van der Waals surface area (Å²) >= 11 is 9.58. The molecule has 1 fully saturated rings. The maximum absolute atomic E-state index is 12.0. The van der Waals surface area contributed by atoms with Crippen LogP contribution in [-0.2, 0) is 33.3 Å². The van der Waals surface area contributed by atoms with Gasteiger partial charge < -0.3 is 24.3 Å². The summed E-state index contributed by atoms with van der Waals surface area (Å²) in [6.07, 6.45) is -2.68. The fraction of sp³-hybridized carbons (Fsp3) is 0.423. The fourth-order valence-electron chi connectivity index (χ4n) is 4.48. The molecule has 4 heterocycles. The molecule has 1 aromatic carbocycles. The Hall–Kier alpha value is -3.53. The number of nitrogens with zero attached hydrogens (tertiary/aromatic N) is 5. The van der Waals surface area contributed by atoms with Crippen LogP contribution < -0.4 is 5.32 Å². The number of halogens is 1. The van der Waals surface area contributed by atoms with E-state index in [0.717, 1.165) is 14.6 Å². The van der Waals surface area contributed by atoms with E-state index < -0.39 is 42.4 Å². The number of rotatable bonds is 10. The first kappa shape index (κ1) is 29.9. The van der Waals surface area contributed by atoms with Crippen LogP contribution in [-0.4, -0.2) is 79.1 Å². The number of benzene rings is 1. The fourth-order valence-corrected chi connectivity index (χ4v) is 6.69. The van der Waals surface area contributed by atoms with Crippen molar-refractivity contribution in [3.8, 4) is 0 Å². The summed E-state index contributed by atoms with van der Waals surface area (Å²) in [4.78, 5) is 53.3. The minimum Gasteiger partial charge on any atom is -0.463 e. The van der Waals surface area contributed by atoms with Crippen LogP contribution in [0.2, 0.25) is 5.28 Å². The van der Waals surface area contributed by atoms with Crippen molar-refractivity contribution in [2.45, 2.75) is 62.6 Å². The van der Waals surface area contributed by atoms with Crippen molar-refractivity contribution in [2.24, 2.45) is 0 Å². The molecule has 13 nitrogen and oxygen atoms in total. The van der Waals surface area contributed by atoms with Crippen molar-refractivity contribution in [1.29, 1.82) is 0 Å². The monoisotopic (exact) mass is 634 g/mol. The molecule has 1 aliphatic heterocycles. The van der Waals surface area contributed by atoms with E-state index in [0.29, 0.717) is 22.7 Å². The molecule has 0 aliphatic carbocycles. The molecule has 0 saturated carbocycles. The zero-order chi connectivity index (χ0) is 30.0. The van der Waals surface area contributed by atoms with Crippen LogP contribution in [0.5, 0.6) is 0 Å². The SMILES string of the molecule is CC(=O)OC[C@H]1O[C@@H](n2cnc3c(N[C@H](C)CSc4nc5ccccc5s4)nc(Cl)nc32)[C@H](OC(C)=O)[C@@H]1OC(C)=O. The third-order valence-corrected chi connectivity index (χ3v) is 8.73. The number of nitrogens with one attached hydrogen (secondary N) is 1. The number of esters is 3. The Bertz CT molecular complexity index is 1600. The summed E-state index contributed by atoms with van der Waals surface area (Å²) in [5, 5.41) is 3.30. The zero-order valence-corrected chi connectivity index (χ0v) is 25.4. The van der Waals surface area contributed by atoms with Crippen molar-refractivity contribution in [3.63, 3.8) is 0 Å².